The van der Waals surface area contributed by atoms with Crippen LogP contribution in [0.4, 0.5) is 0 Å². The number of carbonyl (C=O) groups excluding carboxylic acids is 1. The van der Waals surface area contributed by atoms with Gasteiger partial charge in [-0.15, -0.1) is 0 Å². The van der Waals surface area contributed by atoms with Crippen LogP contribution in [0.2, 0.25) is 10.0 Å². The van der Waals surface area contributed by atoms with Crippen LogP contribution in [0.25, 0.3) is 0 Å². The van der Waals surface area contributed by atoms with Crippen molar-refractivity contribution >= 4 is 35.0 Å². The van der Waals surface area contributed by atoms with E-state index in [4.69, 9.17) is 28.9 Å². The van der Waals surface area contributed by atoms with Gasteiger partial charge in [-0.1, -0.05) is 23.2 Å². The van der Waals surface area contributed by atoms with Crippen LogP contribution in [-0.4, -0.2) is 22.9 Å². The van der Waals surface area contributed by atoms with Gasteiger partial charge in [0.25, 0.3) is 0 Å². The summed E-state index contributed by atoms with van der Waals surface area (Å²) in [6, 6.07) is 3.94. The number of Topliss-reactive ketones (excluding diaryl/α,β-unsaturated/α-hetero) is 1. The van der Waals surface area contributed by atoms with Gasteiger partial charge in [0.2, 0.25) is 0 Å². The number of aliphatic carboxylic acids is 1. The second-order valence-electron chi connectivity index (χ2n) is 4.88. The van der Waals surface area contributed by atoms with E-state index < -0.39 is 23.3 Å². The molecule has 0 amide bonds. The number of ketones is 1. The lowest BCUT2D eigenvalue weighted by molar-refractivity contribution is -0.144. The molecule has 3 unspecified atom stereocenters. The molecule has 0 radical (unpaired) electrons. The molecule has 0 aliphatic heterocycles. The zero-order valence-electron chi connectivity index (χ0n) is 10.2. The van der Waals surface area contributed by atoms with E-state index in [-0.39, 0.29) is 17.2 Å². The lowest BCUT2D eigenvalue weighted by Crippen LogP contribution is -2.37. The van der Waals surface area contributed by atoms with Gasteiger partial charge in [0, 0.05) is 17.5 Å². The molecular weight excluding hydrogens is 289 g/mol. The molecule has 1 aromatic rings. The van der Waals surface area contributed by atoms with Crippen LogP contribution in [-0.2, 0) is 4.79 Å². The lowest BCUT2D eigenvalue weighted by atomic mass is 9.92. The van der Waals surface area contributed by atoms with Gasteiger partial charge in [0.15, 0.2) is 5.78 Å². The highest BCUT2D eigenvalue weighted by molar-refractivity contribution is 6.42. The van der Waals surface area contributed by atoms with Gasteiger partial charge >= 0.3 is 5.97 Å². The summed E-state index contributed by atoms with van der Waals surface area (Å²) < 4.78 is 0. The Hall–Kier alpha value is -1.10. The smallest absolute Gasteiger partial charge is 0.311 e. The summed E-state index contributed by atoms with van der Waals surface area (Å²) in [5, 5.41) is 9.89. The number of hydrogen-bond donors (Lipinski definition) is 2. The Labute approximate surface area is 120 Å². The molecule has 19 heavy (non-hydrogen) atoms. The van der Waals surface area contributed by atoms with Crippen LogP contribution in [0.15, 0.2) is 18.2 Å². The van der Waals surface area contributed by atoms with Crippen molar-refractivity contribution < 1.29 is 14.7 Å². The molecule has 102 valence electrons. The fraction of sp³-hybridized carbons (Fsp3) is 0.385. The number of carbonyl (C=O) groups is 2. The van der Waals surface area contributed by atoms with Gasteiger partial charge in [-0.2, -0.15) is 0 Å². The molecule has 4 nitrogen and oxygen atoms in total. The second kappa shape index (κ2) is 4.78. The SMILES string of the molecule is CC(N)C1(C(=O)O)CC1C(=O)c1ccc(Cl)c(Cl)c1. The molecule has 2 rings (SSSR count). The molecule has 0 aromatic heterocycles. The monoisotopic (exact) mass is 301 g/mol. The highest BCUT2D eigenvalue weighted by Crippen LogP contribution is 2.56. The zero-order chi connectivity index (χ0) is 14.4. The molecule has 0 bridgehead atoms. The van der Waals surface area contributed by atoms with E-state index in [9.17, 15) is 14.7 Å². The van der Waals surface area contributed by atoms with Crippen molar-refractivity contribution in [2.45, 2.75) is 19.4 Å². The molecule has 1 aromatic carbocycles. The van der Waals surface area contributed by atoms with E-state index in [1.807, 2.05) is 0 Å². The maximum absolute atomic E-state index is 12.3. The Balaban J connectivity index is 2.27. The summed E-state index contributed by atoms with van der Waals surface area (Å²) in [6.45, 7) is 1.61. The Bertz CT molecular complexity index is 559. The first kappa shape index (κ1) is 14.3. The number of nitrogens with two attached hydrogens (primary N) is 1. The van der Waals surface area contributed by atoms with E-state index in [1.165, 1.54) is 12.1 Å². The summed E-state index contributed by atoms with van der Waals surface area (Å²) in [6.07, 6.45) is 0.263. The average Bonchev–Trinajstić information content (AvgIpc) is 3.08. The highest BCUT2D eigenvalue weighted by atomic mass is 35.5. The van der Waals surface area contributed by atoms with Crippen molar-refractivity contribution in [1.82, 2.24) is 0 Å². The molecular formula is C13H13Cl2NO3. The quantitative estimate of drug-likeness (QED) is 0.838. The average molecular weight is 302 g/mol. The topological polar surface area (TPSA) is 80.4 Å². The number of benzene rings is 1. The minimum Gasteiger partial charge on any atom is -0.481 e. The molecule has 3 atom stereocenters. The van der Waals surface area contributed by atoms with Gasteiger partial charge in [-0.05, 0) is 31.5 Å². The van der Waals surface area contributed by atoms with Gasteiger partial charge < -0.3 is 10.8 Å². The van der Waals surface area contributed by atoms with Crippen molar-refractivity contribution in [2.75, 3.05) is 0 Å². The van der Waals surface area contributed by atoms with Crippen LogP contribution < -0.4 is 5.73 Å². The van der Waals surface area contributed by atoms with Crippen molar-refractivity contribution in [2.24, 2.45) is 17.1 Å². The van der Waals surface area contributed by atoms with Crippen molar-refractivity contribution in [1.29, 1.82) is 0 Å². The molecule has 1 fully saturated rings. The lowest BCUT2D eigenvalue weighted by Gasteiger charge is -2.16. The minimum atomic E-state index is -1.15. The van der Waals surface area contributed by atoms with E-state index in [1.54, 1.807) is 13.0 Å². The minimum absolute atomic E-state index is 0.252. The Morgan fingerprint density at radius 3 is 2.47 bits per heavy atom. The molecule has 0 heterocycles. The maximum Gasteiger partial charge on any atom is 0.311 e. The summed E-state index contributed by atoms with van der Waals surface area (Å²) in [5.41, 5.74) is 4.93. The van der Waals surface area contributed by atoms with Crippen LogP contribution in [0.1, 0.15) is 23.7 Å². The number of carboxylic acids is 1. The first-order valence-electron chi connectivity index (χ1n) is 5.79. The van der Waals surface area contributed by atoms with Crippen molar-refractivity contribution in [3.63, 3.8) is 0 Å². The van der Waals surface area contributed by atoms with Gasteiger partial charge in [0.1, 0.15) is 0 Å². The normalized spacial score (nSPS) is 26.8. The number of hydrogen-bond acceptors (Lipinski definition) is 3. The molecule has 0 spiro atoms. The second-order valence-corrected chi connectivity index (χ2v) is 5.70. The molecule has 6 heteroatoms. The molecule has 0 saturated heterocycles. The van der Waals surface area contributed by atoms with E-state index >= 15 is 0 Å². The van der Waals surface area contributed by atoms with Gasteiger partial charge in [-0.3, -0.25) is 9.59 Å². The predicted octanol–water partition coefficient (Wildman–Crippen LogP) is 2.61. The fourth-order valence-electron chi connectivity index (χ4n) is 2.39. The third kappa shape index (κ3) is 2.24. The third-order valence-corrected chi connectivity index (χ3v) is 4.47. The zero-order valence-corrected chi connectivity index (χ0v) is 11.7. The van der Waals surface area contributed by atoms with Gasteiger partial charge in [0.05, 0.1) is 15.5 Å². The predicted molar refractivity (Wildman–Crippen MR) is 72.6 cm³/mol. The Morgan fingerprint density at radius 2 is 2.05 bits per heavy atom. The van der Waals surface area contributed by atoms with Crippen LogP contribution in [0.5, 0.6) is 0 Å². The van der Waals surface area contributed by atoms with Gasteiger partial charge in [-0.25, -0.2) is 0 Å². The van der Waals surface area contributed by atoms with E-state index in [0.717, 1.165) is 0 Å². The van der Waals surface area contributed by atoms with Crippen LogP contribution in [0, 0.1) is 11.3 Å². The van der Waals surface area contributed by atoms with E-state index in [0.29, 0.717) is 10.6 Å². The number of carboxylic acid groups (broad SMARTS) is 1. The highest BCUT2D eigenvalue weighted by Gasteiger charge is 2.65. The van der Waals surface area contributed by atoms with Crippen molar-refractivity contribution in [3.8, 4) is 0 Å². The van der Waals surface area contributed by atoms with Crippen molar-refractivity contribution in [3.05, 3.63) is 33.8 Å². The maximum atomic E-state index is 12.3. The standard InChI is InChI=1S/C13H13Cl2NO3/c1-6(16)13(12(18)19)5-8(13)11(17)7-2-3-9(14)10(15)4-7/h2-4,6,8H,5,16H2,1H3,(H,18,19). The first-order valence-corrected chi connectivity index (χ1v) is 6.54. The Kier molecular flexibility index (Phi) is 3.60. The molecule has 1 saturated carbocycles. The number of rotatable bonds is 4. The summed E-state index contributed by atoms with van der Waals surface area (Å²) >= 11 is 11.6. The summed E-state index contributed by atoms with van der Waals surface area (Å²) in [5.74, 6) is -1.87. The van der Waals surface area contributed by atoms with Crippen LogP contribution >= 0.6 is 23.2 Å². The van der Waals surface area contributed by atoms with E-state index in [2.05, 4.69) is 0 Å². The molecule has 3 N–H and O–H groups in total. The Morgan fingerprint density at radius 1 is 1.42 bits per heavy atom. The summed E-state index contributed by atoms with van der Waals surface area (Å²) in [7, 11) is 0. The fourth-order valence-corrected chi connectivity index (χ4v) is 2.69. The summed E-state index contributed by atoms with van der Waals surface area (Å²) in [4.78, 5) is 23.6. The molecule has 1 aliphatic rings. The number of halogens is 2. The third-order valence-electron chi connectivity index (χ3n) is 3.73. The first-order chi connectivity index (χ1) is 8.80. The molecule has 1 aliphatic carbocycles. The van der Waals surface area contributed by atoms with Crippen LogP contribution in [0.3, 0.4) is 0 Å². The largest absolute Gasteiger partial charge is 0.481 e.